The lowest BCUT2D eigenvalue weighted by atomic mass is 10.0. The second-order valence-corrected chi connectivity index (χ2v) is 6.99. The van der Waals surface area contributed by atoms with Crippen LogP contribution in [0.4, 0.5) is 0 Å². The Morgan fingerprint density at radius 2 is 1.66 bits per heavy atom. The maximum absolute atomic E-state index is 13.1. The predicted octanol–water partition coefficient (Wildman–Crippen LogP) is 3.84. The van der Waals surface area contributed by atoms with Gasteiger partial charge in [0.25, 0.3) is 11.5 Å². The van der Waals surface area contributed by atoms with Crippen LogP contribution in [0.25, 0.3) is 10.8 Å². The minimum atomic E-state index is -0.252. The van der Waals surface area contributed by atoms with E-state index in [9.17, 15) is 9.59 Å². The van der Waals surface area contributed by atoms with Gasteiger partial charge in [0.05, 0.1) is 31.2 Å². The molecular weight excluding hydrogens is 368 g/mol. The Morgan fingerprint density at radius 1 is 1.07 bits per heavy atom. The fourth-order valence-corrected chi connectivity index (χ4v) is 3.35. The third-order valence-electron chi connectivity index (χ3n) is 5.10. The van der Waals surface area contributed by atoms with Crippen molar-refractivity contribution in [3.05, 3.63) is 69.6 Å². The molecule has 1 N–H and O–H groups in total. The lowest BCUT2D eigenvalue weighted by Crippen LogP contribution is -2.29. The average Bonchev–Trinajstić information content (AvgIpc) is 2.73. The third-order valence-corrected chi connectivity index (χ3v) is 5.10. The fraction of sp³-hybridized carbons (Fsp3) is 0.304. The molecule has 0 saturated heterocycles. The number of methoxy groups -OCH3 is 2. The minimum Gasteiger partial charge on any atom is -0.493 e. The van der Waals surface area contributed by atoms with E-state index in [1.54, 1.807) is 18.3 Å². The van der Waals surface area contributed by atoms with Crippen molar-refractivity contribution in [2.45, 2.75) is 33.4 Å². The van der Waals surface area contributed by atoms with Crippen molar-refractivity contribution in [1.82, 2.24) is 9.88 Å². The topological polar surface area (TPSA) is 69.6 Å². The summed E-state index contributed by atoms with van der Waals surface area (Å²) in [5.41, 5.74) is 2.42. The number of hydrogen-bond donors (Lipinski definition) is 1. The number of fused-ring (bicyclic) bond motifs is 1. The van der Waals surface area contributed by atoms with Gasteiger partial charge in [-0.25, -0.2) is 0 Å². The van der Waals surface area contributed by atoms with Crippen LogP contribution in [-0.2, 0) is 6.54 Å². The van der Waals surface area contributed by atoms with Crippen molar-refractivity contribution in [3.8, 4) is 11.5 Å². The van der Waals surface area contributed by atoms with E-state index in [-0.39, 0.29) is 17.5 Å². The Hall–Kier alpha value is -3.28. The van der Waals surface area contributed by atoms with E-state index in [0.29, 0.717) is 34.4 Å². The van der Waals surface area contributed by atoms with Gasteiger partial charge >= 0.3 is 0 Å². The first-order valence-electron chi connectivity index (χ1n) is 9.56. The molecule has 0 aliphatic heterocycles. The lowest BCUT2D eigenvalue weighted by Gasteiger charge is -2.17. The summed E-state index contributed by atoms with van der Waals surface area (Å²) in [6.07, 6.45) is 1.60. The van der Waals surface area contributed by atoms with Crippen LogP contribution in [-0.4, -0.2) is 24.7 Å². The number of amides is 1. The Kier molecular flexibility index (Phi) is 5.92. The van der Waals surface area contributed by atoms with Gasteiger partial charge in [0, 0.05) is 18.1 Å². The van der Waals surface area contributed by atoms with E-state index in [0.717, 1.165) is 11.1 Å². The van der Waals surface area contributed by atoms with Gasteiger partial charge < -0.3 is 19.4 Å². The van der Waals surface area contributed by atoms with Crippen molar-refractivity contribution in [2.75, 3.05) is 14.2 Å². The molecule has 152 valence electrons. The number of carbonyl (C=O) groups excluding carboxylic acids is 1. The highest BCUT2D eigenvalue weighted by molar-refractivity contribution is 6.07. The first-order chi connectivity index (χ1) is 13.9. The molecule has 0 saturated carbocycles. The Bertz CT molecular complexity index is 1100. The Labute approximate surface area is 170 Å². The molecule has 0 aliphatic rings. The van der Waals surface area contributed by atoms with Gasteiger partial charge in [-0.1, -0.05) is 29.8 Å². The zero-order chi connectivity index (χ0) is 21.1. The number of nitrogens with one attached hydrogen (secondary N) is 1. The molecule has 1 atom stereocenters. The molecule has 6 heteroatoms. The van der Waals surface area contributed by atoms with Gasteiger partial charge in [-0.15, -0.1) is 0 Å². The summed E-state index contributed by atoms with van der Waals surface area (Å²) in [6, 6.07) is 11.2. The number of carbonyl (C=O) groups is 1. The highest BCUT2D eigenvalue weighted by atomic mass is 16.5. The van der Waals surface area contributed by atoms with Crippen molar-refractivity contribution in [1.29, 1.82) is 0 Å². The Morgan fingerprint density at radius 3 is 2.21 bits per heavy atom. The van der Waals surface area contributed by atoms with Crippen molar-refractivity contribution >= 4 is 16.7 Å². The van der Waals surface area contributed by atoms with Crippen LogP contribution in [0.15, 0.2) is 47.4 Å². The minimum absolute atomic E-state index is 0.174. The number of pyridine rings is 1. The summed E-state index contributed by atoms with van der Waals surface area (Å²) < 4.78 is 12.2. The van der Waals surface area contributed by atoms with Gasteiger partial charge in [-0.2, -0.15) is 0 Å². The molecule has 0 spiro atoms. The zero-order valence-corrected chi connectivity index (χ0v) is 17.4. The first-order valence-corrected chi connectivity index (χ1v) is 9.56. The van der Waals surface area contributed by atoms with Crippen LogP contribution < -0.4 is 20.3 Å². The second-order valence-electron chi connectivity index (χ2n) is 6.99. The highest BCUT2D eigenvalue weighted by Crippen LogP contribution is 2.32. The summed E-state index contributed by atoms with van der Waals surface area (Å²) in [4.78, 5) is 26.0. The van der Waals surface area contributed by atoms with Crippen LogP contribution in [0.5, 0.6) is 11.5 Å². The van der Waals surface area contributed by atoms with Crippen molar-refractivity contribution in [2.24, 2.45) is 0 Å². The number of nitrogens with zero attached hydrogens (tertiary/aromatic N) is 1. The molecule has 3 rings (SSSR count). The second kappa shape index (κ2) is 8.39. The quantitative estimate of drug-likeness (QED) is 0.690. The molecule has 0 aliphatic carbocycles. The highest BCUT2D eigenvalue weighted by Gasteiger charge is 2.19. The van der Waals surface area contributed by atoms with Gasteiger partial charge in [-0.05, 0) is 38.5 Å². The number of aryl methyl sites for hydroxylation is 2. The van der Waals surface area contributed by atoms with Crippen molar-refractivity contribution < 1.29 is 14.3 Å². The van der Waals surface area contributed by atoms with Crippen molar-refractivity contribution in [3.63, 3.8) is 0 Å². The molecule has 29 heavy (non-hydrogen) atoms. The third kappa shape index (κ3) is 3.97. The summed E-state index contributed by atoms with van der Waals surface area (Å²) in [6.45, 7) is 6.28. The molecule has 1 aromatic heterocycles. The number of hydrogen-bond acceptors (Lipinski definition) is 4. The lowest BCUT2D eigenvalue weighted by molar-refractivity contribution is 0.0941. The zero-order valence-electron chi connectivity index (χ0n) is 17.4. The van der Waals surface area contributed by atoms with Gasteiger partial charge in [0.2, 0.25) is 0 Å². The molecule has 0 bridgehead atoms. The maximum atomic E-state index is 13.1. The molecule has 3 aromatic rings. The summed E-state index contributed by atoms with van der Waals surface area (Å²) in [5, 5.41) is 3.98. The largest absolute Gasteiger partial charge is 0.493 e. The molecule has 0 radical (unpaired) electrons. The van der Waals surface area contributed by atoms with E-state index in [2.05, 4.69) is 5.32 Å². The smallest absolute Gasteiger partial charge is 0.258 e. The number of rotatable bonds is 6. The van der Waals surface area contributed by atoms with E-state index in [1.165, 1.54) is 18.8 Å². The molecular formula is C23H26N2O4. The van der Waals surface area contributed by atoms with E-state index >= 15 is 0 Å². The standard InChI is InChI=1S/C23H26N2O4/c1-6-25-13-19(22(26)24-15(3)16-9-7-14(2)8-10-16)17-11-20(28-4)21(29-5)12-18(17)23(25)27/h7-13,15H,6H2,1-5H3,(H,24,26)/t15-/m0/s1. The summed E-state index contributed by atoms with van der Waals surface area (Å²) >= 11 is 0. The Balaban J connectivity index is 2.09. The molecule has 0 unspecified atom stereocenters. The molecule has 6 nitrogen and oxygen atoms in total. The van der Waals surface area contributed by atoms with E-state index < -0.39 is 0 Å². The number of aromatic nitrogens is 1. The monoisotopic (exact) mass is 394 g/mol. The molecule has 2 aromatic carbocycles. The SMILES string of the molecule is CCn1cc(C(=O)N[C@@H](C)c2ccc(C)cc2)c2cc(OC)c(OC)cc2c1=O. The fourth-order valence-electron chi connectivity index (χ4n) is 3.35. The molecule has 0 fully saturated rings. The van der Waals surface area contributed by atoms with Crippen LogP contribution in [0.1, 0.15) is 41.4 Å². The molecule has 1 heterocycles. The summed E-state index contributed by atoms with van der Waals surface area (Å²) in [7, 11) is 3.04. The summed E-state index contributed by atoms with van der Waals surface area (Å²) in [5.74, 6) is 0.664. The number of ether oxygens (including phenoxy) is 2. The van der Waals surface area contributed by atoms with E-state index in [4.69, 9.17) is 9.47 Å². The van der Waals surface area contributed by atoms with Gasteiger partial charge in [0.1, 0.15) is 0 Å². The van der Waals surface area contributed by atoms with E-state index in [1.807, 2.05) is 45.0 Å². The van der Waals surface area contributed by atoms with Crippen LogP contribution in [0.3, 0.4) is 0 Å². The van der Waals surface area contributed by atoms with Gasteiger partial charge in [0.15, 0.2) is 11.5 Å². The van der Waals surface area contributed by atoms with Crippen LogP contribution >= 0.6 is 0 Å². The normalized spacial score (nSPS) is 11.9. The van der Waals surface area contributed by atoms with Crippen LogP contribution in [0, 0.1) is 6.92 Å². The van der Waals surface area contributed by atoms with Crippen LogP contribution in [0.2, 0.25) is 0 Å². The first kappa shape index (κ1) is 20.5. The maximum Gasteiger partial charge on any atom is 0.258 e. The number of benzene rings is 2. The predicted molar refractivity (Wildman–Crippen MR) is 114 cm³/mol. The molecule has 1 amide bonds. The average molecular weight is 394 g/mol. The van der Waals surface area contributed by atoms with Gasteiger partial charge in [-0.3, -0.25) is 9.59 Å².